The van der Waals surface area contributed by atoms with Gasteiger partial charge in [0.05, 0.1) is 0 Å². The molecule has 1 aliphatic rings. The number of rotatable bonds is 8. The van der Waals surface area contributed by atoms with Crippen molar-refractivity contribution in [3.05, 3.63) is 18.0 Å². The third-order valence-corrected chi connectivity index (χ3v) is 5.41. The molecule has 0 amide bonds. The zero-order valence-electron chi connectivity index (χ0n) is 12.1. The zero-order chi connectivity index (χ0) is 14.8. The number of aromatic nitrogens is 1. The number of methoxy groups -OCH3 is 1. The molecule has 0 bridgehead atoms. The van der Waals surface area contributed by atoms with E-state index in [-0.39, 0.29) is 0 Å². The van der Waals surface area contributed by atoms with Gasteiger partial charge in [0.1, 0.15) is 4.90 Å². The summed E-state index contributed by atoms with van der Waals surface area (Å²) in [7, 11) is -0.228. The fraction of sp³-hybridized carbons (Fsp3) is 0.692. The minimum atomic E-state index is -3.44. The Morgan fingerprint density at radius 3 is 2.75 bits per heavy atom. The van der Waals surface area contributed by atoms with Crippen LogP contribution in [0.15, 0.2) is 17.2 Å². The lowest BCUT2D eigenvalue weighted by molar-refractivity contribution is 0.189. The average molecular weight is 301 g/mol. The number of nitrogens with two attached hydrogens (primary N) is 1. The summed E-state index contributed by atoms with van der Waals surface area (Å²) in [6.45, 7) is 1.36. The van der Waals surface area contributed by atoms with Crippen LogP contribution in [0.2, 0.25) is 0 Å². The lowest BCUT2D eigenvalue weighted by atomic mass is 10.4. The number of sulfonamides is 1. The molecule has 0 atom stereocenters. The van der Waals surface area contributed by atoms with Gasteiger partial charge in [0, 0.05) is 51.8 Å². The predicted molar refractivity (Wildman–Crippen MR) is 76.9 cm³/mol. The number of nitrogens with zero attached hydrogens (tertiary/aromatic N) is 2. The molecular formula is C13H23N3O3S. The van der Waals surface area contributed by atoms with E-state index in [1.54, 1.807) is 26.4 Å². The fourth-order valence-corrected chi connectivity index (χ4v) is 3.49. The summed E-state index contributed by atoms with van der Waals surface area (Å²) < 4.78 is 33.3. The first kappa shape index (κ1) is 15.5. The van der Waals surface area contributed by atoms with Crippen LogP contribution in [0.25, 0.3) is 0 Å². The van der Waals surface area contributed by atoms with E-state index in [9.17, 15) is 8.42 Å². The maximum absolute atomic E-state index is 12.5. The summed E-state index contributed by atoms with van der Waals surface area (Å²) in [6, 6.07) is 2.12. The molecule has 6 nitrogen and oxygen atoms in total. The van der Waals surface area contributed by atoms with E-state index in [4.69, 9.17) is 10.5 Å². The van der Waals surface area contributed by atoms with E-state index in [2.05, 4.69) is 0 Å². The predicted octanol–water partition coefficient (Wildman–Crippen LogP) is 0.939. The summed E-state index contributed by atoms with van der Waals surface area (Å²) in [6.07, 6.45) is 4.61. The summed E-state index contributed by atoms with van der Waals surface area (Å²) in [4.78, 5) is 0.338. The topological polar surface area (TPSA) is 77.6 Å². The zero-order valence-corrected chi connectivity index (χ0v) is 12.9. The van der Waals surface area contributed by atoms with Crippen molar-refractivity contribution in [1.29, 1.82) is 0 Å². The Bertz CT molecular complexity index is 549. The highest BCUT2D eigenvalue weighted by atomic mass is 32.2. The second kappa shape index (κ2) is 6.26. The van der Waals surface area contributed by atoms with Gasteiger partial charge >= 0.3 is 0 Å². The van der Waals surface area contributed by atoms with Crippen LogP contribution in [0.1, 0.15) is 31.0 Å². The Balaban J connectivity index is 2.16. The smallest absolute Gasteiger partial charge is 0.244 e. The van der Waals surface area contributed by atoms with E-state index >= 15 is 0 Å². The second-order valence-electron chi connectivity index (χ2n) is 5.18. The van der Waals surface area contributed by atoms with Gasteiger partial charge in [0.15, 0.2) is 0 Å². The molecule has 1 heterocycles. The summed E-state index contributed by atoms with van der Waals surface area (Å²) in [5, 5.41) is 0. The van der Waals surface area contributed by atoms with Crippen molar-refractivity contribution >= 4 is 10.0 Å². The van der Waals surface area contributed by atoms with Gasteiger partial charge in [0.2, 0.25) is 10.0 Å². The van der Waals surface area contributed by atoms with Crippen LogP contribution in [0.5, 0.6) is 0 Å². The largest absolute Gasteiger partial charge is 0.385 e. The highest BCUT2D eigenvalue weighted by Crippen LogP contribution is 2.37. The molecule has 0 spiro atoms. The Hall–Kier alpha value is -0.890. The molecule has 0 aromatic carbocycles. The van der Waals surface area contributed by atoms with Crippen LogP contribution >= 0.6 is 0 Å². The number of ether oxygens (including phenoxy) is 1. The molecule has 1 aliphatic carbocycles. The van der Waals surface area contributed by atoms with E-state index in [0.717, 1.165) is 18.5 Å². The Morgan fingerprint density at radius 1 is 1.50 bits per heavy atom. The average Bonchev–Trinajstić information content (AvgIpc) is 3.17. The van der Waals surface area contributed by atoms with Crippen LogP contribution < -0.4 is 5.73 Å². The monoisotopic (exact) mass is 301 g/mol. The van der Waals surface area contributed by atoms with Crippen LogP contribution in [-0.4, -0.2) is 44.6 Å². The van der Waals surface area contributed by atoms with Crippen molar-refractivity contribution in [2.24, 2.45) is 5.73 Å². The maximum Gasteiger partial charge on any atom is 0.244 e. The maximum atomic E-state index is 12.5. The number of hydrogen-bond donors (Lipinski definition) is 1. The van der Waals surface area contributed by atoms with Crippen molar-refractivity contribution in [1.82, 2.24) is 8.87 Å². The van der Waals surface area contributed by atoms with Crippen LogP contribution in [0.4, 0.5) is 0 Å². The van der Waals surface area contributed by atoms with E-state index in [0.29, 0.717) is 37.1 Å². The Morgan fingerprint density at radius 2 is 2.20 bits per heavy atom. The van der Waals surface area contributed by atoms with Gasteiger partial charge in [-0.05, 0) is 25.3 Å². The Labute approximate surface area is 120 Å². The third-order valence-electron chi connectivity index (χ3n) is 3.59. The minimum absolute atomic E-state index is 0.338. The molecule has 1 aromatic rings. The van der Waals surface area contributed by atoms with Gasteiger partial charge in [0.25, 0.3) is 0 Å². The van der Waals surface area contributed by atoms with Gasteiger partial charge in [-0.3, -0.25) is 0 Å². The molecular weight excluding hydrogens is 278 g/mol. The molecule has 114 valence electrons. The quantitative estimate of drug-likeness (QED) is 0.725. The van der Waals surface area contributed by atoms with E-state index in [1.807, 2.05) is 4.57 Å². The molecule has 7 heteroatoms. The highest BCUT2D eigenvalue weighted by molar-refractivity contribution is 7.89. The van der Waals surface area contributed by atoms with Gasteiger partial charge in [-0.1, -0.05) is 0 Å². The molecule has 0 saturated heterocycles. The van der Waals surface area contributed by atoms with Crippen molar-refractivity contribution in [3.63, 3.8) is 0 Å². The highest BCUT2D eigenvalue weighted by Gasteiger charge is 2.29. The first-order chi connectivity index (χ1) is 9.50. The summed E-state index contributed by atoms with van der Waals surface area (Å²) in [5.41, 5.74) is 6.59. The Kier molecular flexibility index (Phi) is 4.85. The number of hydrogen-bond acceptors (Lipinski definition) is 4. The standard InChI is InChI=1S/C13H23N3O3S/c1-15(6-3-7-19-2)20(17,18)13-8-12(9-14)16(10-13)11-4-5-11/h8,10-11H,3-7,9,14H2,1-2H3. The second-order valence-corrected chi connectivity index (χ2v) is 7.23. The van der Waals surface area contributed by atoms with Gasteiger partial charge in [-0.2, -0.15) is 0 Å². The molecule has 1 fully saturated rings. The summed E-state index contributed by atoms with van der Waals surface area (Å²) >= 11 is 0. The normalized spacial score (nSPS) is 16.0. The van der Waals surface area contributed by atoms with Crippen molar-refractivity contribution < 1.29 is 13.2 Å². The lowest BCUT2D eigenvalue weighted by Crippen LogP contribution is -2.28. The van der Waals surface area contributed by atoms with E-state index in [1.165, 1.54) is 4.31 Å². The molecule has 0 unspecified atom stereocenters. The van der Waals surface area contributed by atoms with Crippen LogP contribution in [-0.2, 0) is 21.3 Å². The SMILES string of the molecule is COCCCN(C)S(=O)(=O)c1cc(CN)n(C2CC2)c1. The first-order valence-electron chi connectivity index (χ1n) is 6.86. The van der Waals surface area contributed by atoms with E-state index < -0.39 is 10.0 Å². The van der Waals surface area contributed by atoms with Gasteiger partial charge < -0.3 is 15.0 Å². The molecule has 1 aromatic heterocycles. The van der Waals surface area contributed by atoms with Crippen molar-refractivity contribution in [2.45, 2.75) is 36.7 Å². The van der Waals surface area contributed by atoms with Gasteiger partial charge in [-0.15, -0.1) is 0 Å². The first-order valence-corrected chi connectivity index (χ1v) is 8.30. The molecule has 0 aliphatic heterocycles. The molecule has 2 rings (SSSR count). The van der Waals surface area contributed by atoms with Crippen LogP contribution in [0, 0.1) is 0 Å². The van der Waals surface area contributed by atoms with Crippen LogP contribution in [0.3, 0.4) is 0 Å². The molecule has 2 N–H and O–H groups in total. The minimum Gasteiger partial charge on any atom is -0.385 e. The summed E-state index contributed by atoms with van der Waals surface area (Å²) in [5.74, 6) is 0. The van der Waals surface area contributed by atoms with Crippen molar-refractivity contribution in [2.75, 3.05) is 27.3 Å². The molecule has 20 heavy (non-hydrogen) atoms. The molecule has 1 saturated carbocycles. The third kappa shape index (κ3) is 3.22. The lowest BCUT2D eigenvalue weighted by Gasteiger charge is -2.15. The fourth-order valence-electron chi connectivity index (χ4n) is 2.23. The van der Waals surface area contributed by atoms with Gasteiger partial charge in [-0.25, -0.2) is 12.7 Å². The van der Waals surface area contributed by atoms with Crippen molar-refractivity contribution in [3.8, 4) is 0 Å². The molecule has 0 radical (unpaired) electrons.